The predicted octanol–water partition coefficient (Wildman–Crippen LogP) is 5.55. The first-order chi connectivity index (χ1) is 15.8. The second-order valence-electron chi connectivity index (χ2n) is 7.84. The van der Waals surface area contributed by atoms with Gasteiger partial charge >= 0.3 is 0 Å². The number of halogens is 2. The third-order valence-corrected chi connectivity index (χ3v) is 6.28. The Morgan fingerprint density at radius 3 is 2.48 bits per heavy atom. The van der Waals surface area contributed by atoms with E-state index in [1.54, 1.807) is 36.4 Å². The van der Waals surface area contributed by atoms with Crippen molar-refractivity contribution in [1.82, 2.24) is 4.90 Å². The lowest BCUT2D eigenvalue weighted by molar-refractivity contribution is -0.140. The summed E-state index contributed by atoms with van der Waals surface area (Å²) in [6.45, 7) is 4.96. The molecule has 1 saturated heterocycles. The number of hydrogen-bond acceptors (Lipinski definition) is 5. The normalized spacial score (nSPS) is 17.6. The molecular weight excluding hydrogens is 465 g/mol. The van der Waals surface area contributed by atoms with Crippen molar-refractivity contribution in [3.63, 3.8) is 0 Å². The molecule has 1 aliphatic rings. The SMILES string of the molecule is CCCCOc1ccc(C(O)=C2C(=O)C(=O)N(CCOC)[C@H]2c2ccc(Cl)c(Cl)c2)cc1C. The molecule has 33 heavy (non-hydrogen) atoms. The molecule has 0 radical (unpaired) electrons. The molecule has 1 fully saturated rings. The third-order valence-electron chi connectivity index (χ3n) is 5.54. The Hall–Kier alpha value is -2.54. The summed E-state index contributed by atoms with van der Waals surface area (Å²) >= 11 is 12.3. The summed E-state index contributed by atoms with van der Waals surface area (Å²) in [5, 5.41) is 11.8. The summed E-state index contributed by atoms with van der Waals surface area (Å²) in [6.07, 6.45) is 1.96. The quantitative estimate of drug-likeness (QED) is 0.215. The number of ether oxygens (including phenoxy) is 2. The summed E-state index contributed by atoms with van der Waals surface area (Å²) < 4.78 is 10.9. The first kappa shape index (κ1) is 25.1. The van der Waals surface area contributed by atoms with Crippen molar-refractivity contribution in [3.05, 3.63) is 68.7 Å². The minimum atomic E-state index is -0.823. The standard InChI is InChI=1S/C25H27Cl2NO5/c1-4-5-11-33-20-9-7-17(13-15(20)2)23(29)21-22(16-6-8-18(26)19(27)14-16)28(10-12-32-3)25(31)24(21)30/h6-9,13-14,22,29H,4-5,10-12H2,1-3H3/t22-/m0/s1. The smallest absolute Gasteiger partial charge is 0.295 e. The number of rotatable bonds is 9. The van der Waals surface area contributed by atoms with Crippen LogP contribution in [-0.4, -0.2) is 48.6 Å². The zero-order valence-corrected chi connectivity index (χ0v) is 20.4. The van der Waals surface area contributed by atoms with Gasteiger partial charge in [-0.3, -0.25) is 9.59 Å². The number of likely N-dealkylation sites (tertiary alicyclic amines) is 1. The number of amides is 1. The van der Waals surface area contributed by atoms with Crippen molar-refractivity contribution in [2.75, 3.05) is 26.9 Å². The predicted molar refractivity (Wildman–Crippen MR) is 129 cm³/mol. The van der Waals surface area contributed by atoms with Gasteiger partial charge in [0, 0.05) is 19.2 Å². The topological polar surface area (TPSA) is 76.1 Å². The van der Waals surface area contributed by atoms with Crippen molar-refractivity contribution >= 4 is 40.7 Å². The molecule has 0 unspecified atom stereocenters. The highest BCUT2D eigenvalue weighted by molar-refractivity contribution is 6.46. The van der Waals surface area contributed by atoms with Crippen molar-refractivity contribution in [2.24, 2.45) is 0 Å². The van der Waals surface area contributed by atoms with Crippen LogP contribution in [0, 0.1) is 6.92 Å². The Bertz CT molecular complexity index is 1080. The molecule has 0 aliphatic carbocycles. The number of benzene rings is 2. The average molecular weight is 492 g/mol. The Kier molecular flexibility index (Phi) is 8.40. The Balaban J connectivity index is 2.08. The van der Waals surface area contributed by atoms with Gasteiger partial charge in [0.25, 0.3) is 11.7 Å². The van der Waals surface area contributed by atoms with Crippen LogP contribution < -0.4 is 4.74 Å². The maximum Gasteiger partial charge on any atom is 0.295 e. The molecule has 2 aromatic rings. The second-order valence-corrected chi connectivity index (χ2v) is 8.66. The van der Waals surface area contributed by atoms with Gasteiger partial charge in [-0.25, -0.2) is 0 Å². The minimum Gasteiger partial charge on any atom is -0.507 e. The molecule has 0 bridgehead atoms. The van der Waals surface area contributed by atoms with Gasteiger partial charge in [-0.1, -0.05) is 42.6 Å². The van der Waals surface area contributed by atoms with Crippen LogP contribution in [0.5, 0.6) is 5.75 Å². The lowest BCUT2D eigenvalue weighted by Gasteiger charge is -2.25. The molecule has 1 heterocycles. The van der Waals surface area contributed by atoms with Crippen LogP contribution in [0.1, 0.15) is 42.5 Å². The van der Waals surface area contributed by atoms with Crippen LogP contribution in [0.25, 0.3) is 5.76 Å². The van der Waals surface area contributed by atoms with E-state index in [-0.39, 0.29) is 29.5 Å². The fraction of sp³-hybridized carbons (Fsp3) is 0.360. The Labute approximate surface area is 203 Å². The van der Waals surface area contributed by atoms with E-state index in [0.717, 1.165) is 18.4 Å². The van der Waals surface area contributed by atoms with Crippen molar-refractivity contribution in [2.45, 2.75) is 32.7 Å². The summed E-state index contributed by atoms with van der Waals surface area (Å²) in [5.74, 6) is -1.02. The van der Waals surface area contributed by atoms with Gasteiger partial charge in [-0.2, -0.15) is 0 Å². The molecule has 0 spiro atoms. The summed E-state index contributed by atoms with van der Waals surface area (Å²) in [5.41, 5.74) is 1.80. The highest BCUT2D eigenvalue weighted by atomic mass is 35.5. The van der Waals surface area contributed by atoms with Gasteiger partial charge in [0.2, 0.25) is 0 Å². The van der Waals surface area contributed by atoms with Crippen molar-refractivity contribution in [3.8, 4) is 5.75 Å². The molecule has 1 amide bonds. The van der Waals surface area contributed by atoms with Gasteiger partial charge in [0.1, 0.15) is 11.5 Å². The molecule has 0 saturated carbocycles. The molecule has 0 aromatic heterocycles. The van der Waals surface area contributed by atoms with Crippen LogP contribution in [-0.2, 0) is 14.3 Å². The first-order valence-electron chi connectivity index (χ1n) is 10.8. The number of unbranched alkanes of at least 4 members (excludes halogenated alkanes) is 1. The number of aliphatic hydroxyl groups is 1. The number of carbonyl (C=O) groups is 2. The van der Waals surface area contributed by atoms with E-state index in [0.29, 0.717) is 28.5 Å². The first-order valence-corrected chi connectivity index (χ1v) is 11.5. The molecule has 3 rings (SSSR count). The second kappa shape index (κ2) is 11.1. The van der Waals surface area contributed by atoms with Crippen LogP contribution in [0.4, 0.5) is 0 Å². The van der Waals surface area contributed by atoms with Crippen molar-refractivity contribution < 1.29 is 24.2 Å². The van der Waals surface area contributed by atoms with Gasteiger partial charge in [0.05, 0.1) is 34.9 Å². The zero-order chi connectivity index (χ0) is 24.1. The van der Waals surface area contributed by atoms with Gasteiger partial charge < -0.3 is 19.5 Å². The monoisotopic (exact) mass is 491 g/mol. The number of hydrogen-bond donors (Lipinski definition) is 1. The number of carbonyl (C=O) groups excluding carboxylic acids is 2. The van der Waals surface area contributed by atoms with Crippen LogP contribution in [0.3, 0.4) is 0 Å². The molecule has 2 aromatic carbocycles. The fourth-order valence-corrected chi connectivity index (χ4v) is 4.08. The van der Waals surface area contributed by atoms with Gasteiger partial charge in [-0.05, 0) is 54.8 Å². The number of methoxy groups -OCH3 is 1. The molecule has 8 heteroatoms. The van der Waals surface area contributed by atoms with E-state index < -0.39 is 17.7 Å². The van der Waals surface area contributed by atoms with Crippen LogP contribution >= 0.6 is 23.2 Å². The Morgan fingerprint density at radius 2 is 1.85 bits per heavy atom. The lowest BCUT2D eigenvalue weighted by Crippen LogP contribution is -2.32. The number of Topliss-reactive ketones (excluding diaryl/α,β-unsaturated/α-hetero) is 1. The third kappa shape index (κ3) is 5.35. The minimum absolute atomic E-state index is 0.00598. The largest absolute Gasteiger partial charge is 0.507 e. The zero-order valence-electron chi connectivity index (χ0n) is 18.9. The van der Waals surface area contributed by atoms with Crippen LogP contribution in [0.15, 0.2) is 42.0 Å². The van der Waals surface area contributed by atoms with E-state index in [1.165, 1.54) is 12.0 Å². The van der Waals surface area contributed by atoms with E-state index in [1.807, 2.05) is 6.92 Å². The van der Waals surface area contributed by atoms with Gasteiger partial charge in [-0.15, -0.1) is 0 Å². The lowest BCUT2D eigenvalue weighted by atomic mass is 9.95. The summed E-state index contributed by atoms with van der Waals surface area (Å²) in [6, 6.07) is 9.24. The van der Waals surface area contributed by atoms with Crippen LogP contribution in [0.2, 0.25) is 10.0 Å². The number of aryl methyl sites for hydroxylation is 1. The number of nitrogens with zero attached hydrogens (tertiary/aromatic N) is 1. The maximum atomic E-state index is 13.0. The van der Waals surface area contributed by atoms with Gasteiger partial charge in [0.15, 0.2) is 0 Å². The van der Waals surface area contributed by atoms with E-state index in [2.05, 4.69) is 6.92 Å². The maximum absolute atomic E-state index is 13.0. The number of aliphatic hydroxyl groups excluding tert-OH is 1. The molecule has 176 valence electrons. The molecule has 1 N–H and O–H groups in total. The van der Waals surface area contributed by atoms with Crippen molar-refractivity contribution in [1.29, 1.82) is 0 Å². The highest BCUT2D eigenvalue weighted by Gasteiger charge is 2.46. The Morgan fingerprint density at radius 1 is 1.09 bits per heavy atom. The summed E-state index contributed by atoms with van der Waals surface area (Å²) in [4.78, 5) is 27.3. The molecule has 1 aliphatic heterocycles. The van der Waals surface area contributed by atoms with E-state index in [4.69, 9.17) is 32.7 Å². The number of ketones is 1. The molecule has 6 nitrogen and oxygen atoms in total. The summed E-state index contributed by atoms with van der Waals surface area (Å²) in [7, 11) is 1.51. The fourth-order valence-electron chi connectivity index (χ4n) is 3.77. The average Bonchev–Trinajstić information content (AvgIpc) is 3.05. The molecular formula is C25H27Cl2NO5. The van der Waals surface area contributed by atoms with E-state index >= 15 is 0 Å². The van der Waals surface area contributed by atoms with E-state index in [9.17, 15) is 14.7 Å². The highest BCUT2D eigenvalue weighted by Crippen LogP contribution is 2.41. The molecule has 1 atom stereocenters.